The summed E-state index contributed by atoms with van der Waals surface area (Å²) in [6, 6.07) is 15.2. The van der Waals surface area contributed by atoms with Crippen LogP contribution in [0.25, 0.3) is 0 Å². The third-order valence-electron chi connectivity index (χ3n) is 3.81. The first kappa shape index (κ1) is 13.2. The number of anilines is 1. The Labute approximate surface area is 120 Å². The van der Waals surface area contributed by atoms with Crippen molar-refractivity contribution < 1.29 is 4.74 Å². The largest absolute Gasteiger partial charge is 0.382 e. The lowest BCUT2D eigenvalue weighted by Crippen LogP contribution is -2.22. The number of nitrogens with one attached hydrogen (secondary N) is 1. The van der Waals surface area contributed by atoms with E-state index in [1.54, 1.807) is 0 Å². The Hall–Kier alpha value is -1.80. The van der Waals surface area contributed by atoms with E-state index in [1.807, 2.05) is 0 Å². The zero-order valence-electron chi connectivity index (χ0n) is 12.1. The van der Waals surface area contributed by atoms with Gasteiger partial charge in [-0.25, -0.2) is 0 Å². The van der Waals surface area contributed by atoms with Crippen LogP contribution in [0.3, 0.4) is 0 Å². The summed E-state index contributed by atoms with van der Waals surface area (Å²) in [6.07, 6.45) is 1.18. The van der Waals surface area contributed by atoms with Crippen LogP contribution in [0.4, 0.5) is 5.69 Å². The van der Waals surface area contributed by atoms with Gasteiger partial charge in [0.05, 0.1) is 12.7 Å². The van der Waals surface area contributed by atoms with E-state index in [0.29, 0.717) is 0 Å². The monoisotopic (exact) mass is 267 g/mol. The Balaban J connectivity index is 1.73. The fraction of sp³-hybridized carbons (Fsp3) is 0.333. The SMILES string of the molecule is Cc1cc(C)cc(NCC2OCCc3ccccc32)c1. The lowest BCUT2D eigenvalue weighted by atomic mass is 9.97. The molecule has 0 amide bonds. The molecule has 1 aliphatic heterocycles. The zero-order valence-corrected chi connectivity index (χ0v) is 12.1. The maximum atomic E-state index is 5.92. The molecule has 2 heteroatoms. The van der Waals surface area contributed by atoms with Crippen LogP contribution in [0, 0.1) is 13.8 Å². The first-order valence-electron chi connectivity index (χ1n) is 7.24. The molecule has 0 aliphatic carbocycles. The van der Waals surface area contributed by atoms with Crippen molar-refractivity contribution in [2.45, 2.75) is 26.4 Å². The molecule has 0 bridgehead atoms. The van der Waals surface area contributed by atoms with Crippen LogP contribution in [0.1, 0.15) is 28.4 Å². The summed E-state index contributed by atoms with van der Waals surface area (Å²) in [6.45, 7) is 5.89. The van der Waals surface area contributed by atoms with Gasteiger partial charge in [0.1, 0.15) is 0 Å². The van der Waals surface area contributed by atoms with Gasteiger partial charge in [-0.3, -0.25) is 0 Å². The quantitative estimate of drug-likeness (QED) is 0.906. The van der Waals surface area contributed by atoms with Crippen LogP contribution in [-0.2, 0) is 11.2 Å². The van der Waals surface area contributed by atoms with Crippen molar-refractivity contribution in [1.29, 1.82) is 0 Å². The maximum absolute atomic E-state index is 5.92. The molecule has 1 atom stereocenters. The summed E-state index contributed by atoms with van der Waals surface area (Å²) >= 11 is 0. The highest BCUT2D eigenvalue weighted by Crippen LogP contribution is 2.27. The molecule has 2 aromatic rings. The molecule has 0 fully saturated rings. The Morgan fingerprint density at radius 3 is 2.65 bits per heavy atom. The van der Waals surface area contributed by atoms with E-state index in [-0.39, 0.29) is 6.10 Å². The number of benzene rings is 2. The summed E-state index contributed by atoms with van der Waals surface area (Å²) in [5, 5.41) is 3.51. The average Bonchev–Trinajstić information content (AvgIpc) is 2.44. The van der Waals surface area contributed by atoms with Crippen LogP contribution < -0.4 is 5.32 Å². The van der Waals surface area contributed by atoms with E-state index < -0.39 is 0 Å². The predicted molar refractivity (Wildman–Crippen MR) is 83.2 cm³/mol. The standard InChI is InChI=1S/C18H21NO/c1-13-9-14(2)11-16(10-13)19-12-18-17-6-4-3-5-15(17)7-8-20-18/h3-6,9-11,18-19H,7-8,12H2,1-2H3. The van der Waals surface area contributed by atoms with Gasteiger partial charge in [-0.15, -0.1) is 0 Å². The summed E-state index contributed by atoms with van der Waals surface area (Å²) in [5.41, 5.74) is 6.51. The highest BCUT2D eigenvalue weighted by molar-refractivity contribution is 5.48. The molecule has 0 saturated carbocycles. The van der Waals surface area contributed by atoms with Crippen LogP contribution in [0.5, 0.6) is 0 Å². The lowest BCUT2D eigenvalue weighted by Gasteiger charge is -2.26. The van der Waals surface area contributed by atoms with Crippen LogP contribution in [0.2, 0.25) is 0 Å². The molecule has 0 saturated heterocycles. The molecule has 0 spiro atoms. The van der Waals surface area contributed by atoms with Crippen molar-refractivity contribution in [1.82, 2.24) is 0 Å². The average molecular weight is 267 g/mol. The van der Waals surface area contributed by atoms with Crippen LogP contribution in [0.15, 0.2) is 42.5 Å². The van der Waals surface area contributed by atoms with E-state index in [0.717, 1.165) is 19.6 Å². The van der Waals surface area contributed by atoms with Crippen molar-refractivity contribution in [2.75, 3.05) is 18.5 Å². The molecule has 2 aromatic carbocycles. The topological polar surface area (TPSA) is 21.3 Å². The molecule has 20 heavy (non-hydrogen) atoms. The minimum atomic E-state index is 0.153. The Bertz CT molecular complexity index is 586. The lowest BCUT2D eigenvalue weighted by molar-refractivity contribution is 0.0513. The van der Waals surface area contributed by atoms with Crippen molar-refractivity contribution in [3.63, 3.8) is 0 Å². The third-order valence-corrected chi connectivity index (χ3v) is 3.81. The van der Waals surface area contributed by atoms with E-state index in [2.05, 4.69) is 61.6 Å². The number of fused-ring (bicyclic) bond motifs is 1. The Kier molecular flexibility index (Phi) is 3.75. The van der Waals surface area contributed by atoms with E-state index in [4.69, 9.17) is 4.74 Å². The molecular weight excluding hydrogens is 246 g/mol. The maximum Gasteiger partial charge on any atom is 0.0999 e. The smallest absolute Gasteiger partial charge is 0.0999 e. The van der Waals surface area contributed by atoms with Gasteiger partial charge in [0, 0.05) is 12.2 Å². The number of aryl methyl sites for hydroxylation is 2. The molecule has 3 rings (SSSR count). The van der Waals surface area contributed by atoms with Crippen LogP contribution in [-0.4, -0.2) is 13.2 Å². The van der Waals surface area contributed by atoms with Crippen LogP contribution >= 0.6 is 0 Å². The zero-order chi connectivity index (χ0) is 13.9. The van der Waals surface area contributed by atoms with Gasteiger partial charge in [-0.05, 0) is 54.7 Å². The van der Waals surface area contributed by atoms with E-state index in [9.17, 15) is 0 Å². The summed E-state index contributed by atoms with van der Waals surface area (Å²) < 4.78 is 5.92. The summed E-state index contributed by atoms with van der Waals surface area (Å²) in [7, 11) is 0. The van der Waals surface area contributed by atoms with Crippen molar-refractivity contribution in [2.24, 2.45) is 0 Å². The second-order valence-corrected chi connectivity index (χ2v) is 5.57. The van der Waals surface area contributed by atoms with Crippen molar-refractivity contribution in [3.05, 3.63) is 64.7 Å². The Morgan fingerprint density at radius 1 is 1.10 bits per heavy atom. The van der Waals surface area contributed by atoms with Crippen molar-refractivity contribution >= 4 is 5.69 Å². The summed E-state index contributed by atoms with van der Waals surface area (Å²) in [5.74, 6) is 0. The summed E-state index contributed by atoms with van der Waals surface area (Å²) in [4.78, 5) is 0. The van der Waals surface area contributed by atoms with E-state index >= 15 is 0 Å². The van der Waals surface area contributed by atoms with Gasteiger partial charge in [0.15, 0.2) is 0 Å². The van der Waals surface area contributed by atoms with E-state index in [1.165, 1.54) is 27.9 Å². The highest BCUT2D eigenvalue weighted by atomic mass is 16.5. The second kappa shape index (κ2) is 5.68. The van der Waals surface area contributed by atoms with Gasteiger partial charge in [-0.1, -0.05) is 30.3 Å². The first-order valence-corrected chi connectivity index (χ1v) is 7.24. The molecule has 1 unspecified atom stereocenters. The number of hydrogen-bond acceptors (Lipinski definition) is 2. The number of hydrogen-bond donors (Lipinski definition) is 1. The molecular formula is C18H21NO. The Morgan fingerprint density at radius 2 is 1.85 bits per heavy atom. The molecule has 1 N–H and O–H groups in total. The first-order chi connectivity index (χ1) is 9.72. The normalized spacial score (nSPS) is 17.6. The van der Waals surface area contributed by atoms with Gasteiger partial charge in [0.2, 0.25) is 0 Å². The molecule has 1 heterocycles. The third kappa shape index (κ3) is 2.86. The minimum absolute atomic E-state index is 0.153. The number of rotatable bonds is 3. The highest BCUT2D eigenvalue weighted by Gasteiger charge is 2.19. The molecule has 1 aliphatic rings. The molecule has 104 valence electrons. The van der Waals surface area contributed by atoms with Gasteiger partial charge < -0.3 is 10.1 Å². The molecule has 2 nitrogen and oxygen atoms in total. The predicted octanol–water partition coefficient (Wildman–Crippen LogP) is 4.03. The molecule has 0 aromatic heterocycles. The van der Waals surface area contributed by atoms with Gasteiger partial charge in [-0.2, -0.15) is 0 Å². The minimum Gasteiger partial charge on any atom is -0.382 e. The fourth-order valence-electron chi connectivity index (χ4n) is 2.93. The van der Waals surface area contributed by atoms with Gasteiger partial charge >= 0.3 is 0 Å². The second-order valence-electron chi connectivity index (χ2n) is 5.57. The molecule has 0 radical (unpaired) electrons. The number of ether oxygens (including phenoxy) is 1. The van der Waals surface area contributed by atoms with Gasteiger partial charge in [0.25, 0.3) is 0 Å². The van der Waals surface area contributed by atoms with Crippen molar-refractivity contribution in [3.8, 4) is 0 Å². The fourth-order valence-corrected chi connectivity index (χ4v) is 2.93.